The Morgan fingerprint density at radius 2 is 1.69 bits per heavy atom. The van der Waals surface area contributed by atoms with Crippen LogP contribution in [-0.4, -0.2) is 24.0 Å². The molecule has 74 valence electrons. The van der Waals surface area contributed by atoms with E-state index in [0.717, 1.165) is 11.5 Å². The Morgan fingerprint density at radius 1 is 0.923 bits per heavy atom. The summed E-state index contributed by atoms with van der Waals surface area (Å²) >= 11 is 0. The van der Waals surface area contributed by atoms with Crippen molar-refractivity contribution in [2.45, 2.75) is 57.4 Å². The van der Waals surface area contributed by atoms with Gasteiger partial charge in [-0.05, 0) is 50.5 Å². The van der Waals surface area contributed by atoms with Crippen molar-refractivity contribution in [3.05, 3.63) is 0 Å². The number of hydrogen-bond acceptors (Lipinski definition) is 1. The molecule has 0 radical (unpaired) electrons. The van der Waals surface area contributed by atoms with Crippen LogP contribution in [0.5, 0.6) is 0 Å². The lowest BCUT2D eigenvalue weighted by Crippen LogP contribution is -2.52. The third-order valence-corrected chi connectivity index (χ3v) is 4.70. The van der Waals surface area contributed by atoms with E-state index in [2.05, 4.69) is 4.90 Å². The highest BCUT2D eigenvalue weighted by atomic mass is 15.2. The van der Waals surface area contributed by atoms with Crippen molar-refractivity contribution >= 4 is 0 Å². The maximum absolute atomic E-state index is 2.81. The summed E-state index contributed by atoms with van der Waals surface area (Å²) in [5, 5.41) is 0. The molecule has 2 aliphatic carbocycles. The van der Waals surface area contributed by atoms with E-state index in [4.69, 9.17) is 0 Å². The molecular weight excluding hydrogens is 158 g/mol. The van der Waals surface area contributed by atoms with Crippen LogP contribution in [0.2, 0.25) is 0 Å². The van der Waals surface area contributed by atoms with Crippen molar-refractivity contribution < 1.29 is 0 Å². The molecule has 0 bridgehead atoms. The molecule has 1 nitrogen and oxygen atoms in total. The summed E-state index contributed by atoms with van der Waals surface area (Å²) in [4.78, 5) is 2.81. The van der Waals surface area contributed by atoms with Gasteiger partial charge in [-0.3, -0.25) is 4.90 Å². The van der Waals surface area contributed by atoms with Gasteiger partial charge in [0.15, 0.2) is 0 Å². The number of piperidine rings is 1. The zero-order valence-electron chi connectivity index (χ0n) is 8.60. The lowest BCUT2D eigenvalue weighted by atomic mass is 9.64. The van der Waals surface area contributed by atoms with E-state index in [-0.39, 0.29) is 0 Å². The van der Waals surface area contributed by atoms with E-state index >= 15 is 0 Å². The van der Waals surface area contributed by atoms with Crippen LogP contribution in [0.1, 0.15) is 51.4 Å². The van der Waals surface area contributed by atoms with E-state index in [1.54, 1.807) is 0 Å². The Bertz CT molecular complexity index is 191. The van der Waals surface area contributed by atoms with E-state index in [0.29, 0.717) is 0 Å². The fourth-order valence-electron chi connectivity index (χ4n) is 3.39. The molecule has 0 atom stereocenters. The van der Waals surface area contributed by atoms with Crippen LogP contribution < -0.4 is 0 Å². The molecule has 0 aromatic carbocycles. The third kappa shape index (κ3) is 1.32. The molecule has 3 fully saturated rings. The van der Waals surface area contributed by atoms with Crippen LogP contribution >= 0.6 is 0 Å². The molecule has 13 heavy (non-hydrogen) atoms. The number of rotatable bonds is 1. The van der Waals surface area contributed by atoms with Gasteiger partial charge in [0.05, 0.1) is 0 Å². The fourth-order valence-corrected chi connectivity index (χ4v) is 3.39. The molecule has 2 saturated carbocycles. The van der Waals surface area contributed by atoms with Gasteiger partial charge in [0.25, 0.3) is 0 Å². The molecule has 1 spiro atoms. The van der Waals surface area contributed by atoms with Gasteiger partial charge in [0.1, 0.15) is 0 Å². The van der Waals surface area contributed by atoms with Crippen LogP contribution in [-0.2, 0) is 0 Å². The normalized spacial score (nSPS) is 34.2. The van der Waals surface area contributed by atoms with E-state index in [9.17, 15) is 0 Å². The zero-order valence-corrected chi connectivity index (χ0v) is 8.60. The van der Waals surface area contributed by atoms with Gasteiger partial charge in [0.2, 0.25) is 0 Å². The van der Waals surface area contributed by atoms with Crippen molar-refractivity contribution in [2.24, 2.45) is 5.41 Å². The first-order chi connectivity index (χ1) is 6.38. The maximum Gasteiger partial charge on any atom is 0.00955 e. The van der Waals surface area contributed by atoms with Gasteiger partial charge < -0.3 is 0 Å². The predicted molar refractivity (Wildman–Crippen MR) is 54.7 cm³/mol. The monoisotopic (exact) mass is 179 g/mol. The maximum atomic E-state index is 2.81. The van der Waals surface area contributed by atoms with Crippen molar-refractivity contribution in [1.29, 1.82) is 0 Å². The molecule has 0 N–H and O–H groups in total. The zero-order chi connectivity index (χ0) is 8.73. The summed E-state index contributed by atoms with van der Waals surface area (Å²) in [6, 6.07) is 0.998. The van der Waals surface area contributed by atoms with E-state index in [1.807, 2.05) is 0 Å². The first-order valence-electron chi connectivity index (χ1n) is 6.12. The lowest BCUT2D eigenvalue weighted by Gasteiger charge is -2.52. The summed E-state index contributed by atoms with van der Waals surface area (Å²) in [7, 11) is 0. The Kier molecular flexibility index (Phi) is 1.90. The first kappa shape index (κ1) is 8.28. The first-order valence-corrected chi connectivity index (χ1v) is 6.12. The molecule has 1 heteroatoms. The molecule has 0 amide bonds. The highest BCUT2D eigenvalue weighted by Crippen LogP contribution is 2.48. The number of hydrogen-bond donors (Lipinski definition) is 0. The molecule has 0 unspecified atom stereocenters. The number of likely N-dealkylation sites (tertiary alicyclic amines) is 1. The molecular formula is C12H21N. The molecule has 0 aromatic heterocycles. The second kappa shape index (κ2) is 2.98. The van der Waals surface area contributed by atoms with Crippen LogP contribution in [0.15, 0.2) is 0 Å². The third-order valence-electron chi connectivity index (χ3n) is 4.70. The van der Waals surface area contributed by atoms with Crippen molar-refractivity contribution in [2.75, 3.05) is 13.1 Å². The van der Waals surface area contributed by atoms with Crippen LogP contribution in [0.3, 0.4) is 0 Å². The summed E-state index contributed by atoms with van der Waals surface area (Å²) < 4.78 is 0. The second-order valence-corrected chi connectivity index (χ2v) is 5.51. The molecule has 1 aliphatic heterocycles. The minimum absolute atomic E-state index is 0.813. The van der Waals surface area contributed by atoms with Crippen molar-refractivity contribution in [1.82, 2.24) is 4.90 Å². The van der Waals surface area contributed by atoms with E-state index < -0.39 is 0 Å². The van der Waals surface area contributed by atoms with Gasteiger partial charge in [-0.15, -0.1) is 0 Å². The van der Waals surface area contributed by atoms with Crippen molar-refractivity contribution in [3.8, 4) is 0 Å². The summed E-state index contributed by atoms with van der Waals surface area (Å²) in [6.45, 7) is 2.87. The minimum Gasteiger partial charge on any atom is -0.300 e. The highest BCUT2D eigenvalue weighted by molar-refractivity contribution is 4.96. The van der Waals surface area contributed by atoms with Gasteiger partial charge >= 0.3 is 0 Å². The van der Waals surface area contributed by atoms with Crippen LogP contribution in [0.4, 0.5) is 0 Å². The standard InChI is InChI=1S/C12H21N/c1-4-11(5-1)13-9-3-8-12(10-13)6-2-7-12/h11H,1-10H2. The average molecular weight is 179 g/mol. The molecule has 0 aromatic rings. The van der Waals surface area contributed by atoms with Crippen molar-refractivity contribution in [3.63, 3.8) is 0 Å². The molecule has 3 aliphatic rings. The number of nitrogens with zero attached hydrogens (tertiary/aromatic N) is 1. The summed E-state index contributed by atoms with van der Waals surface area (Å²) in [5.41, 5.74) is 0.813. The van der Waals surface area contributed by atoms with E-state index in [1.165, 1.54) is 64.5 Å². The minimum atomic E-state index is 0.813. The van der Waals surface area contributed by atoms with Gasteiger partial charge in [0, 0.05) is 12.6 Å². The van der Waals surface area contributed by atoms with Gasteiger partial charge in [-0.2, -0.15) is 0 Å². The molecule has 1 saturated heterocycles. The molecule has 3 rings (SSSR count). The Morgan fingerprint density at radius 3 is 2.23 bits per heavy atom. The lowest BCUT2D eigenvalue weighted by molar-refractivity contribution is -0.0175. The SMILES string of the molecule is C1CC(N2CCCC3(CCC3)C2)C1. The van der Waals surface area contributed by atoms with Crippen LogP contribution in [0.25, 0.3) is 0 Å². The summed E-state index contributed by atoms with van der Waals surface area (Å²) in [5.74, 6) is 0. The largest absolute Gasteiger partial charge is 0.300 e. The smallest absolute Gasteiger partial charge is 0.00955 e. The van der Waals surface area contributed by atoms with Gasteiger partial charge in [-0.25, -0.2) is 0 Å². The summed E-state index contributed by atoms with van der Waals surface area (Å²) in [6.07, 6.45) is 12.1. The fraction of sp³-hybridized carbons (Fsp3) is 1.00. The molecule has 1 heterocycles. The Balaban J connectivity index is 1.63. The average Bonchev–Trinajstić information content (AvgIpc) is 1.99. The topological polar surface area (TPSA) is 3.24 Å². The van der Waals surface area contributed by atoms with Crippen LogP contribution in [0, 0.1) is 5.41 Å². The Labute approximate surface area is 81.5 Å². The predicted octanol–water partition coefficient (Wildman–Crippen LogP) is 2.81. The second-order valence-electron chi connectivity index (χ2n) is 5.51. The highest BCUT2D eigenvalue weighted by Gasteiger charge is 2.42. The Hall–Kier alpha value is -0.0400. The van der Waals surface area contributed by atoms with Gasteiger partial charge in [-0.1, -0.05) is 12.8 Å². The quantitative estimate of drug-likeness (QED) is 0.598.